The summed E-state index contributed by atoms with van der Waals surface area (Å²) in [6.07, 6.45) is 1.46. The van der Waals surface area contributed by atoms with Gasteiger partial charge in [0, 0.05) is 4.47 Å². The van der Waals surface area contributed by atoms with Crippen LogP contribution < -0.4 is 0 Å². The number of hydrogen-bond acceptors (Lipinski definition) is 1. The fourth-order valence-electron chi connectivity index (χ4n) is 2.37. The molecule has 1 unspecified atom stereocenters. The molecule has 0 fully saturated rings. The second kappa shape index (κ2) is 6.36. The van der Waals surface area contributed by atoms with Crippen molar-refractivity contribution >= 4 is 15.9 Å². The Morgan fingerprint density at radius 2 is 1.68 bits per heavy atom. The molecular weight excluding hydrogens is 300 g/mol. The van der Waals surface area contributed by atoms with Crippen LogP contribution in [0.5, 0.6) is 0 Å². The standard InChI is InChI=1S/C17H19BrO/c1-3-12-9-10-14(11-13(12)4-2)17(19)15-7-5-6-8-16(15)18/h5-11,17,19H,3-4H2,1-2H3. The first kappa shape index (κ1) is 14.3. The van der Waals surface area contributed by atoms with Gasteiger partial charge in [-0.05, 0) is 41.2 Å². The van der Waals surface area contributed by atoms with Crippen LogP contribution in [0.3, 0.4) is 0 Å². The first-order valence-electron chi connectivity index (χ1n) is 6.71. The van der Waals surface area contributed by atoms with Gasteiger partial charge in [0.25, 0.3) is 0 Å². The minimum atomic E-state index is -0.577. The second-order valence-corrected chi connectivity index (χ2v) is 5.51. The van der Waals surface area contributed by atoms with Crippen LogP contribution in [0.25, 0.3) is 0 Å². The lowest BCUT2D eigenvalue weighted by molar-refractivity contribution is 0.219. The Kier molecular flexibility index (Phi) is 4.78. The van der Waals surface area contributed by atoms with E-state index in [1.165, 1.54) is 11.1 Å². The van der Waals surface area contributed by atoms with Crippen LogP contribution >= 0.6 is 15.9 Å². The van der Waals surface area contributed by atoms with Crippen LogP contribution in [0.1, 0.15) is 42.2 Å². The summed E-state index contributed by atoms with van der Waals surface area (Å²) in [5, 5.41) is 10.5. The molecule has 0 bridgehead atoms. The molecule has 0 amide bonds. The summed E-state index contributed by atoms with van der Waals surface area (Å²) in [7, 11) is 0. The molecule has 0 aromatic heterocycles. The number of rotatable bonds is 4. The average Bonchev–Trinajstić information content (AvgIpc) is 2.46. The van der Waals surface area contributed by atoms with E-state index in [9.17, 15) is 5.11 Å². The highest BCUT2D eigenvalue weighted by molar-refractivity contribution is 9.10. The van der Waals surface area contributed by atoms with E-state index < -0.39 is 6.10 Å². The molecule has 1 N–H and O–H groups in total. The summed E-state index contributed by atoms with van der Waals surface area (Å²) in [5.74, 6) is 0. The molecule has 0 radical (unpaired) electrons. The molecule has 0 aliphatic heterocycles. The van der Waals surface area contributed by atoms with Crippen LogP contribution in [-0.2, 0) is 12.8 Å². The van der Waals surface area contributed by atoms with Crippen molar-refractivity contribution in [3.8, 4) is 0 Å². The van der Waals surface area contributed by atoms with E-state index in [1.54, 1.807) is 0 Å². The molecule has 0 saturated heterocycles. The van der Waals surface area contributed by atoms with Crippen LogP contribution in [0, 0.1) is 0 Å². The summed E-state index contributed by atoms with van der Waals surface area (Å²) in [4.78, 5) is 0. The van der Waals surface area contributed by atoms with E-state index in [0.29, 0.717) is 0 Å². The fourth-order valence-corrected chi connectivity index (χ4v) is 2.87. The van der Waals surface area contributed by atoms with Crippen LogP contribution in [0.4, 0.5) is 0 Å². The van der Waals surface area contributed by atoms with Crippen molar-refractivity contribution in [1.29, 1.82) is 0 Å². The molecule has 0 spiro atoms. The zero-order valence-corrected chi connectivity index (χ0v) is 12.9. The molecule has 0 heterocycles. The van der Waals surface area contributed by atoms with Gasteiger partial charge in [-0.15, -0.1) is 0 Å². The maximum atomic E-state index is 10.5. The highest BCUT2D eigenvalue weighted by atomic mass is 79.9. The maximum Gasteiger partial charge on any atom is 0.105 e. The molecule has 0 aliphatic carbocycles. The molecule has 1 nitrogen and oxygen atoms in total. The fraction of sp³-hybridized carbons (Fsp3) is 0.294. The number of aryl methyl sites for hydroxylation is 2. The lowest BCUT2D eigenvalue weighted by Crippen LogP contribution is -2.02. The van der Waals surface area contributed by atoms with Gasteiger partial charge < -0.3 is 5.11 Å². The molecule has 0 aliphatic rings. The Balaban J connectivity index is 2.39. The highest BCUT2D eigenvalue weighted by Crippen LogP contribution is 2.29. The predicted octanol–water partition coefficient (Wildman–Crippen LogP) is 4.66. The Bertz CT molecular complexity index is 563. The van der Waals surface area contributed by atoms with E-state index >= 15 is 0 Å². The third-order valence-electron chi connectivity index (χ3n) is 3.51. The molecular formula is C17H19BrO. The molecule has 0 saturated carbocycles. The van der Waals surface area contributed by atoms with E-state index in [4.69, 9.17) is 0 Å². The Hall–Kier alpha value is -1.12. The second-order valence-electron chi connectivity index (χ2n) is 4.66. The van der Waals surface area contributed by atoms with E-state index in [0.717, 1.165) is 28.4 Å². The third-order valence-corrected chi connectivity index (χ3v) is 4.23. The molecule has 2 aromatic carbocycles. The van der Waals surface area contributed by atoms with Crippen molar-refractivity contribution < 1.29 is 5.11 Å². The van der Waals surface area contributed by atoms with E-state index in [2.05, 4.69) is 41.9 Å². The van der Waals surface area contributed by atoms with Crippen molar-refractivity contribution in [3.05, 3.63) is 69.2 Å². The average molecular weight is 319 g/mol. The minimum absolute atomic E-state index is 0.577. The summed E-state index contributed by atoms with van der Waals surface area (Å²) in [6.45, 7) is 4.32. The topological polar surface area (TPSA) is 20.2 Å². The Labute approximate surface area is 123 Å². The number of hydrogen-bond donors (Lipinski definition) is 1. The molecule has 19 heavy (non-hydrogen) atoms. The summed E-state index contributed by atoms with van der Waals surface area (Å²) in [6, 6.07) is 14.1. The predicted molar refractivity (Wildman–Crippen MR) is 83.4 cm³/mol. The van der Waals surface area contributed by atoms with Crippen LogP contribution in [0.15, 0.2) is 46.9 Å². The number of benzene rings is 2. The Morgan fingerprint density at radius 3 is 2.32 bits per heavy atom. The number of aliphatic hydroxyl groups is 1. The third kappa shape index (κ3) is 3.07. The largest absolute Gasteiger partial charge is 0.384 e. The lowest BCUT2D eigenvalue weighted by Gasteiger charge is -2.16. The van der Waals surface area contributed by atoms with Crippen molar-refractivity contribution in [2.75, 3.05) is 0 Å². The van der Waals surface area contributed by atoms with Gasteiger partial charge >= 0.3 is 0 Å². The first-order chi connectivity index (χ1) is 9.17. The van der Waals surface area contributed by atoms with Gasteiger partial charge in [0.05, 0.1) is 0 Å². The van der Waals surface area contributed by atoms with Crippen molar-refractivity contribution in [2.45, 2.75) is 32.8 Å². The summed E-state index contributed by atoms with van der Waals surface area (Å²) < 4.78 is 0.945. The maximum absolute atomic E-state index is 10.5. The monoisotopic (exact) mass is 318 g/mol. The van der Waals surface area contributed by atoms with Gasteiger partial charge in [0.1, 0.15) is 6.10 Å². The van der Waals surface area contributed by atoms with Gasteiger partial charge in [0.2, 0.25) is 0 Å². The number of halogens is 1. The lowest BCUT2D eigenvalue weighted by atomic mass is 9.95. The zero-order chi connectivity index (χ0) is 13.8. The van der Waals surface area contributed by atoms with Gasteiger partial charge in [-0.2, -0.15) is 0 Å². The van der Waals surface area contributed by atoms with Gasteiger partial charge in [-0.1, -0.05) is 66.2 Å². The molecule has 2 rings (SSSR count). The molecule has 2 aromatic rings. The Morgan fingerprint density at radius 1 is 1.00 bits per heavy atom. The highest BCUT2D eigenvalue weighted by Gasteiger charge is 2.14. The first-order valence-corrected chi connectivity index (χ1v) is 7.50. The van der Waals surface area contributed by atoms with Gasteiger partial charge in [0.15, 0.2) is 0 Å². The summed E-state index contributed by atoms with van der Waals surface area (Å²) in [5.41, 5.74) is 4.56. The number of aliphatic hydroxyl groups excluding tert-OH is 1. The minimum Gasteiger partial charge on any atom is -0.384 e. The molecule has 2 heteroatoms. The SMILES string of the molecule is CCc1ccc(C(O)c2ccccc2Br)cc1CC. The van der Waals surface area contributed by atoms with Crippen molar-refractivity contribution in [2.24, 2.45) is 0 Å². The van der Waals surface area contributed by atoms with Crippen LogP contribution in [0.2, 0.25) is 0 Å². The van der Waals surface area contributed by atoms with E-state index in [1.807, 2.05) is 30.3 Å². The van der Waals surface area contributed by atoms with E-state index in [-0.39, 0.29) is 0 Å². The zero-order valence-electron chi connectivity index (χ0n) is 11.4. The molecule has 100 valence electrons. The van der Waals surface area contributed by atoms with Gasteiger partial charge in [-0.25, -0.2) is 0 Å². The van der Waals surface area contributed by atoms with Crippen molar-refractivity contribution in [3.63, 3.8) is 0 Å². The quantitative estimate of drug-likeness (QED) is 0.869. The smallest absolute Gasteiger partial charge is 0.105 e. The summed E-state index contributed by atoms with van der Waals surface area (Å²) >= 11 is 3.50. The van der Waals surface area contributed by atoms with Gasteiger partial charge in [-0.3, -0.25) is 0 Å². The normalized spacial score (nSPS) is 12.4. The van der Waals surface area contributed by atoms with Crippen molar-refractivity contribution in [1.82, 2.24) is 0 Å². The molecule has 1 atom stereocenters. The van der Waals surface area contributed by atoms with Crippen LogP contribution in [-0.4, -0.2) is 5.11 Å².